The number of fused-ring (bicyclic) bond motifs is 1. The van der Waals surface area contributed by atoms with Gasteiger partial charge in [-0.15, -0.1) is 0 Å². The lowest BCUT2D eigenvalue weighted by Crippen LogP contribution is -2.05. The molecular weight excluding hydrogens is 230 g/mol. The number of hydrogen-bond donors (Lipinski definition) is 1. The lowest BCUT2D eigenvalue weighted by Gasteiger charge is -2.07. The third kappa shape index (κ3) is 1.99. The number of hydrogen-bond acceptors (Lipinski definition) is 4. The number of aromatic nitrogens is 2. The Balaban J connectivity index is 1.72. The molecule has 5 heteroatoms. The number of rotatable bonds is 3. The van der Waals surface area contributed by atoms with E-state index in [1.165, 1.54) is 0 Å². The van der Waals surface area contributed by atoms with Crippen LogP contribution in [0.5, 0.6) is 11.5 Å². The molecule has 0 unspecified atom stereocenters. The normalized spacial score (nSPS) is 12.8. The van der Waals surface area contributed by atoms with Crippen LogP contribution in [0.3, 0.4) is 0 Å². The topological polar surface area (TPSA) is 48.3 Å². The van der Waals surface area contributed by atoms with E-state index in [1.54, 1.807) is 0 Å². The van der Waals surface area contributed by atoms with E-state index in [-0.39, 0.29) is 0 Å². The minimum absolute atomic E-state index is 0.305. The summed E-state index contributed by atoms with van der Waals surface area (Å²) < 4.78 is 12.5. The first-order valence-electron chi connectivity index (χ1n) is 5.85. The number of anilines is 1. The summed E-state index contributed by atoms with van der Waals surface area (Å²) in [6, 6.07) is 7.92. The molecule has 0 spiro atoms. The molecule has 0 saturated heterocycles. The van der Waals surface area contributed by atoms with Gasteiger partial charge in [0.05, 0.1) is 17.9 Å². The Labute approximate surface area is 105 Å². The summed E-state index contributed by atoms with van der Waals surface area (Å²) in [5.74, 6) is 1.60. The molecule has 94 valence electrons. The quantitative estimate of drug-likeness (QED) is 0.899. The summed E-state index contributed by atoms with van der Waals surface area (Å²) >= 11 is 0. The number of nitrogens with zero attached hydrogens (tertiary/aromatic N) is 2. The van der Waals surface area contributed by atoms with Crippen molar-refractivity contribution < 1.29 is 9.47 Å². The van der Waals surface area contributed by atoms with Crippen molar-refractivity contribution in [2.45, 2.75) is 13.5 Å². The van der Waals surface area contributed by atoms with E-state index in [0.717, 1.165) is 35.1 Å². The zero-order valence-corrected chi connectivity index (χ0v) is 10.4. The highest BCUT2D eigenvalue weighted by molar-refractivity contribution is 5.55. The molecule has 5 nitrogen and oxygen atoms in total. The smallest absolute Gasteiger partial charge is 0.231 e. The van der Waals surface area contributed by atoms with Crippen molar-refractivity contribution in [1.82, 2.24) is 9.78 Å². The zero-order valence-electron chi connectivity index (χ0n) is 10.4. The first-order chi connectivity index (χ1) is 8.72. The third-order valence-corrected chi connectivity index (χ3v) is 2.95. The highest BCUT2D eigenvalue weighted by Crippen LogP contribution is 2.34. The van der Waals surface area contributed by atoms with Gasteiger partial charge in [-0.1, -0.05) is 0 Å². The lowest BCUT2D eigenvalue weighted by atomic mass is 10.2. The first-order valence-corrected chi connectivity index (χ1v) is 5.85. The highest BCUT2D eigenvalue weighted by Gasteiger charge is 2.13. The molecule has 0 bridgehead atoms. The van der Waals surface area contributed by atoms with Gasteiger partial charge in [0.15, 0.2) is 11.5 Å². The lowest BCUT2D eigenvalue weighted by molar-refractivity contribution is 0.174. The Kier molecular flexibility index (Phi) is 2.59. The monoisotopic (exact) mass is 245 g/mol. The molecule has 0 amide bonds. The van der Waals surface area contributed by atoms with Gasteiger partial charge >= 0.3 is 0 Å². The van der Waals surface area contributed by atoms with Crippen molar-refractivity contribution in [3.63, 3.8) is 0 Å². The second-order valence-electron chi connectivity index (χ2n) is 4.32. The van der Waals surface area contributed by atoms with E-state index in [2.05, 4.69) is 16.5 Å². The van der Waals surface area contributed by atoms with Crippen LogP contribution in [0.1, 0.15) is 11.4 Å². The van der Waals surface area contributed by atoms with Gasteiger partial charge < -0.3 is 14.8 Å². The van der Waals surface area contributed by atoms with Crippen molar-refractivity contribution in [3.8, 4) is 11.5 Å². The van der Waals surface area contributed by atoms with Crippen molar-refractivity contribution in [2.24, 2.45) is 7.05 Å². The molecule has 0 atom stereocenters. The summed E-state index contributed by atoms with van der Waals surface area (Å²) in [7, 11) is 1.95. The van der Waals surface area contributed by atoms with E-state index < -0.39 is 0 Å². The standard InChI is InChI=1S/C13H15N3O2/c1-9-5-11(16(2)15-9)7-14-10-3-4-12-13(6-10)18-8-17-12/h3-6,14H,7-8H2,1-2H3. The molecule has 0 radical (unpaired) electrons. The maximum Gasteiger partial charge on any atom is 0.231 e. The first kappa shape index (κ1) is 11.0. The molecule has 0 aliphatic carbocycles. The van der Waals surface area contributed by atoms with E-state index in [0.29, 0.717) is 6.79 Å². The van der Waals surface area contributed by atoms with Crippen LogP contribution in [0.4, 0.5) is 5.69 Å². The van der Waals surface area contributed by atoms with Crippen molar-refractivity contribution in [3.05, 3.63) is 35.7 Å². The minimum Gasteiger partial charge on any atom is -0.454 e. The number of nitrogens with one attached hydrogen (secondary N) is 1. The van der Waals surface area contributed by atoms with Crippen LogP contribution in [0.15, 0.2) is 24.3 Å². The van der Waals surface area contributed by atoms with Gasteiger partial charge in [0.2, 0.25) is 6.79 Å². The van der Waals surface area contributed by atoms with Crippen molar-refractivity contribution >= 4 is 5.69 Å². The van der Waals surface area contributed by atoms with Gasteiger partial charge in [0.1, 0.15) is 0 Å². The molecule has 1 aliphatic heterocycles. The highest BCUT2D eigenvalue weighted by atomic mass is 16.7. The molecule has 0 saturated carbocycles. The van der Waals surface area contributed by atoms with Gasteiger partial charge in [-0.2, -0.15) is 5.10 Å². The summed E-state index contributed by atoms with van der Waals surface area (Å²) in [5.41, 5.74) is 3.18. The maximum absolute atomic E-state index is 5.34. The van der Waals surface area contributed by atoms with Crippen LogP contribution in [-0.4, -0.2) is 16.6 Å². The Morgan fingerprint density at radius 1 is 1.28 bits per heavy atom. The van der Waals surface area contributed by atoms with Crippen LogP contribution < -0.4 is 14.8 Å². The fraction of sp³-hybridized carbons (Fsp3) is 0.308. The average molecular weight is 245 g/mol. The van der Waals surface area contributed by atoms with Crippen LogP contribution in [0.25, 0.3) is 0 Å². The van der Waals surface area contributed by atoms with E-state index in [1.807, 2.05) is 36.9 Å². The predicted octanol–water partition coefficient (Wildman–Crippen LogP) is 2.07. The maximum atomic E-state index is 5.34. The average Bonchev–Trinajstić information content (AvgIpc) is 2.92. The minimum atomic E-state index is 0.305. The number of ether oxygens (including phenoxy) is 2. The van der Waals surface area contributed by atoms with Crippen LogP contribution in [0, 0.1) is 6.92 Å². The van der Waals surface area contributed by atoms with Crippen LogP contribution in [-0.2, 0) is 13.6 Å². The number of benzene rings is 1. The molecule has 3 rings (SSSR count). The van der Waals surface area contributed by atoms with E-state index >= 15 is 0 Å². The van der Waals surface area contributed by atoms with Crippen molar-refractivity contribution in [1.29, 1.82) is 0 Å². The van der Waals surface area contributed by atoms with Gasteiger partial charge in [-0.05, 0) is 25.1 Å². The molecule has 1 N–H and O–H groups in total. The number of aryl methyl sites for hydroxylation is 2. The van der Waals surface area contributed by atoms with Gasteiger partial charge in [-0.25, -0.2) is 0 Å². The Morgan fingerprint density at radius 3 is 2.89 bits per heavy atom. The Hall–Kier alpha value is -2.17. The third-order valence-electron chi connectivity index (χ3n) is 2.95. The zero-order chi connectivity index (χ0) is 12.5. The molecule has 1 aromatic carbocycles. The summed E-state index contributed by atoms with van der Waals surface area (Å²) in [5, 5.41) is 7.66. The van der Waals surface area contributed by atoms with Crippen LogP contribution >= 0.6 is 0 Å². The van der Waals surface area contributed by atoms with Crippen molar-refractivity contribution in [2.75, 3.05) is 12.1 Å². The largest absolute Gasteiger partial charge is 0.454 e. The molecular formula is C13H15N3O2. The van der Waals surface area contributed by atoms with Gasteiger partial charge in [0, 0.05) is 18.8 Å². The van der Waals surface area contributed by atoms with Gasteiger partial charge in [-0.3, -0.25) is 4.68 Å². The molecule has 0 fully saturated rings. The SMILES string of the molecule is Cc1cc(CNc2ccc3c(c2)OCO3)n(C)n1. The molecule has 1 aliphatic rings. The molecule has 2 heterocycles. The molecule has 1 aromatic heterocycles. The Morgan fingerprint density at radius 2 is 2.11 bits per heavy atom. The fourth-order valence-corrected chi connectivity index (χ4v) is 2.03. The second-order valence-corrected chi connectivity index (χ2v) is 4.32. The van der Waals surface area contributed by atoms with Gasteiger partial charge in [0.25, 0.3) is 0 Å². The summed E-state index contributed by atoms with van der Waals surface area (Å²) in [4.78, 5) is 0. The van der Waals surface area contributed by atoms with Crippen LogP contribution in [0.2, 0.25) is 0 Å². The molecule has 2 aromatic rings. The second kappa shape index (κ2) is 4.25. The van der Waals surface area contributed by atoms with E-state index in [9.17, 15) is 0 Å². The molecule has 18 heavy (non-hydrogen) atoms. The van der Waals surface area contributed by atoms with E-state index in [4.69, 9.17) is 9.47 Å². The summed E-state index contributed by atoms with van der Waals surface area (Å²) in [6.07, 6.45) is 0. The Bertz CT molecular complexity index is 578. The predicted molar refractivity (Wildman–Crippen MR) is 67.8 cm³/mol. The fourth-order valence-electron chi connectivity index (χ4n) is 2.03. The summed E-state index contributed by atoms with van der Waals surface area (Å²) in [6.45, 7) is 3.03.